The van der Waals surface area contributed by atoms with Gasteiger partial charge in [0, 0.05) is 42.0 Å². The van der Waals surface area contributed by atoms with Crippen molar-refractivity contribution in [2.75, 3.05) is 0 Å². The predicted octanol–water partition coefficient (Wildman–Crippen LogP) is 3.15. The van der Waals surface area contributed by atoms with E-state index in [0.29, 0.717) is 30.6 Å². The molecule has 4 rings (SSSR count). The van der Waals surface area contributed by atoms with Gasteiger partial charge in [0.15, 0.2) is 4.96 Å². The minimum Gasteiger partial charge on any atom is -0.490 e. The molecule has 1 aromatic carbocycles. The maximum atomic E-state index is 13.3. The lowest BCUT2D eigenvalue weighted by molar-refractivity contribution is 0.0891. The van der Waals surface area contributed by atoms with Gasteiger partial charge in [0.05, 0.1) is 6.10 Å². The van der Waals surface area contributed by atoms with E-state index in [1.165, 1.54) is 21.9 Å². The summed E-state index contributed by atoms with van der Waals surface area (Å²) in [4.78, 5) is 29.5. The Bertz CT molecular complexity index is 1050. The fourth-order valence-corrected chi connectivity index (χ4v) is 4.03. The van der Waals surface area contributed by atoms with Gasteiger partial charge in [0.2, 0.25) is 0 Å². The van der Waals surface area contributed by atoms with E-state index in [-0.39, 0.29) is 23.5 Å². The highest BCUT2D eigenvalue weighted by molar-refractivity contribution is 7.15. The van der Waals surface area contributed by atoms with Gasteiger partial charge in [-0.2, -0.15) is 0 Å². The molecule has 9 heteroatoms. The maximum Gasteiger partial charge on any atom is 0.271 e. The van der Waals surface area contributed by atoms with Gasteiger partial charge in [-0.15, -0.1) is 11.3 Å². The standard InChI is InChI=1S/C19H17F2N3O3S/c20-11-7-12(21)9-15(8-11)27-14-3-1-13(2-4-14)23-17(25)16-10-22-19-24(18(16)26)5-6-28-19/h5-10,13-14H,1-4H2,(H,23,25). The quantitative estimate of drug-likeness (QED) is 0.724. The first-order chi connectivity index (χ1) is 13.5. The molecule has 0 radical (unpaired) electrons. The first-order valence-corrected chi connectivity index (χ1v) is 9.76. The number of carbonyl (C=O) groups is 1. The Labute approximate surface area is 162 Å². The van der Waals surface area contributed by atoms with Crippen molar-refractivity contribution >= 4 is 22.2 Å². The summed E-state index contributed by atoms with van der Waals surface area (Å²) >= 11 is 1.32. The number of fused-ring (bicyclic) bond motifs is 1. The van der Waals surface area contributed by atoms with E-state index in [0.717, 1.165) is 18.2 Å². The zero-order chi connectivity index (χ0) is 19.7. The number of halogens is 2. The molecule has 0 saturated heterocycles. The van der Waals surface area contributed by atoms with Gasteiger partial charge in [0.1, 0.15) is 22.9 Å². The highest BCUT2D eigenvalue weighted by Crippen LogP contribution is 2.25. The predicted molar refractivity (Wildman–Crippen MR) is 99.8 cm³/mol. The smallest absolute Gasteiger partial charge is 0.271 e. The van der Waals surface area contributed by atoms with Crippen LogP contribution in [-0.4, -0.2) is 27.4 Å². The van der Waals surface area contributed by atoms with Crippen molar-refractivity contribution in [3.05, 3.63) is 63.5 Å². The summed E-state index contributed by atoms with van der Waals surface area (Å²) in [6, 6.07) is 3.00. The third-order valence-electron chi connectivity index (χ3n) is 4.74. The minimum absolute atomic E-state index is 0.00418. The molecule has 28 heavy (non-hydrogen) atoms. The maximum absolute atomic E-state index is 13.3. The Morgan fingerprint density at radius 3 is 2.61 bits per heavy atom. The molecule has 0 unspecified atom stereocenters. The number of carbonyl (C=O) groups excluding carboxylic acids is 1. The van der Waals surface area contributed by atoms with Crippen molar-refractivity contribution < 1.29 is 18.3 Å². The number of aromatic nitrogens is 2. The molecule has 2 aromatic heterocycles. The Balaban J connectivity index is 1.35. The van der Waals surface area contributed by atoms with Crippen LogP contribution < -0.4 is 15.6 Å². The first kappa shape index (κ1) is 18.5. The molecular formula is C19H17F2N3O3S. The molecule has 0 aliphatic heterocycles. The number of nitrogens with zero attached hydrogens (tertiary/aromatic N) is 2. The van der Waals surface area contributed by atoms with E-state index in [1.54, 1.807) is 11.6 Å². The lowest BCUT2D eigenvalue weighted by Gasteiger charge is -2.29. The Kier molecular flexibility index (Phi) is 5.08. The topological polar surface area (TPSA) is 72.7 Å². The summed E-state index contributed by atoms with van der Waals surface area (Å²) in [5.41, 5.74) is -0.390. The molecule has 1 aliphatic carbocycles. The van der Waals surface area contributed by atoms with Gasteiger partial charge in [-0.1, -0.05) is 0 Å². The van der Waals surface area contributed by atoms with Crippen molar-refractivity contribution in [2.24, 2.45) is 0 Å². The third-order valence-corrected chi connectivity index (χ3v) is 5.51. The normalized spacial score (nSPS) is 19.5. The van der Waals surface area contributed by atoms with E-state index in [9.17, 15) is 18.4 Å². The Morgan fingerprint density at radius 2 is 1.89 bits per heavy atom. The highest BCUT2D eigenvalue weighted by atomic mass is 32.1. The van der Waals surface area contributed by atoms with Crippen molar-refractivity contribution in [3.63, 3.8) is 0 Å². The van der Waals surface area contributed by atoms with Crippen LogP contribution in [0.15, 0.2) is 40.8 Å². The van der Waals surface area contributed by atoms with Crippen LogP contribution in [0, 0.1) is 11.6 Å². The third kappa shape index (κ3) is 3.89. The van der Waals surface area contributed by atoms with Gasteiger partial charge in [-0.25, -0.2) is 13.8 Å². The molecule has 0 atom stereocenters. The van der Waals surface area contributed by atoms with E-state index in [4.69, 9.17) is 4.74 Å². The average Bonchev–Trinajstić information content (AvgIpc) is 3.12. The number of nitrogens with one attached hydrogen (secondary N) is 1. The molecular weight excluding hydrogens is 388 g/mol. The second-order valence-electron chi connectivity index (χ2n) is 6.70. The van der Waals surface area contributed by atoms with Crippen molar-refractivity contribution in [1.29, 1.82) is 0 Å². The molecule has 0 spiro atoms. The zero-order valence-electron chi connectivity index (χ0n) is 14.7. The second kappa shape index (κ2) is 7.67. The van der Waals surface area contributed by atoms with E-state index in [2.05, 4.69) is 10.3 Å². The van der Waals surface area contributed by atoms with Gasteiger partial charge < -0.3 is 10.1 Å². The first-order valence-electron chi connectivity index (χ1n) is 8.88. The molecule has 146 valence electrons. The molecule has 3 aromatic rings. The monoisotopic (exact) mass is 405 g/mol. The second-order valence-corrected chi connectivity index (χ2v) is 7.58. The number of ether oxygens (including phenoxy) is 1. The summed E-state index contributed by atoms with van der Waals surface area (Å²) < 4.78 is 33.5. The molecule has 0 bridgehead atoms. The van der Waals surface area contributed by atoms with Crippen LogP contribution in [0.2, 0.25) is 0 Å². The SMILES string of the molecule is O=C(NC1CCC(Oc2cc(F)cc(F)c2)CC1)c1cnc2sccn2c1=O. The summed E-state index contributed by atoms with van der Waals surface area (Å²) in [5.74, 6) is -1.65. The van der Waals surface area contributed by atoms with Crippen LogP contribution in [0.5, 0.6) is 5.75 Å². The fourth-order valence-electron chi connectivity index (χ4n) is 3.36. The van der Waals surface area contributed by atoms with Crippen LogP contribution in [0.4, 0.5) is 8.78 Å². The molecule has 1 aliphatic rings. The van der Waals surface area contributed by atoms with Crippen molar-refractivity contribution in [2.45, 2.75) is 37.8 Å². The molecule has 1 saturated carbocycles. The number of thiazole rings is 1. The summed E-state index contributed by atoms with van der Waals surface area (Å²) in [6.07, 6.45) is 5.26. The Morgan fingerprint density at radius 1 is 1.18 bits per heavy atom. The number of benzene rings is 1. The lowest BCUT2D eigenvalue weighted by atomic mass is 9.92. The van der Waals surface area contributed by atoms with Crippen LogP contribution >= 0.6 is 11.3 Å². The number of hydrogen-bond acceptors (Lipinski definition) is 5. The number of hydrogen-bond donors (Lipinski definition) is 1. The lowest BCUT2D eigenvalue weighted by Crippen LogP contribution is -2.41. The zero-order valence-corrected chi connectivity index (χ0v) is 15.5. The molecule has 2 heterocycles. The van der Waals surface area contributed by atoms with Gasteiger partial charge in [-0.05, 0) is 25.7 Å². The largest absolute Gasteiger partial charge is 0.490 e. The van der Waals surface area contributed by atoms with Gasteiger partial charge in [0.25, 0.3) is 11.5 Å². The van der Waals surface area contributed by atoms with Crippen LogP contribution in [0.25, 0.3) is 4.96 Å². The highest BCUT2D eigenvalue weighted by Gasteiger charge is 2.25. The van der Waals surface area contributed by atoms with Crippen molar-refractivity contribution in [3.8, 4) is 5.75 Å². The van der Waals surface area contributed by atoms with Crippen LogP contribution in [0.3, 0.4) is 0 Å². The molecule has 1 N–H and O–H groups in total. The minimum atomic E-state index is -0.682. The summed E-state index contributed by atoms with van der Waals surface area (Å²) in [7, 11) is 0. The van der Waals surface area contributed by atoms with Gasteiger partial charge >= 0.3 is 0 Å². The molecule has 1 fully saturated rings. The molecule has 1 amide bonds. The summed E-state index contributed by atoms with van der Waals surface area (Å²) in [5, 5.41) is 4.60. The fraction of sp³-hybridized carbons (Fsp3) is 0.316. The van der Waals surface area contributed by atoms with Crippen LogP contribution in [0.1, 0.15) is 36.0 Å². The van der Waals surface area contributed by atoms with E-state index in [1.807, 2.05) is 0 Å². The Hall–Kier alpha value is -2.81. The van der Waals surface area contributed by atoms with Gasteiger partial charge in [-0.3, -0.25) is 14.0 Å². The van der Waals surface area contributed by atoms with E-state index < -0.39 is 23.1 Å². The van der Waals surface area contributed by atoms with E-state index >= 15 is 0 Å². The summed E-state index contributed by atoms with van der Waals surface area (Å²) in [6.45, 7) is 0. The number of amides is 1. The molecule has 6 nitrogen and oxygen atoms in total. The average molecular weight is 405 g/mol. The number of rotatable bonds is 4. The van der Waals surface area contributed by atoms with Crippen LogP contribution in [-0.2, 0) is 0 Å². The van der Waals surface area contributed by atoms with Crippen molar-refractivity contribution in [1.82, 2.24) is 14.7 Å².